The highest BCUT2D eigenvalue weighted by Crippen LogP contribution is 2.35. The number of hydrogen-bond acceptors (Lipinski definition) is 7. The number of likely N-dealkylation sites (N-methyl/N-ethyl adjacent to an activating group) is 1. The summed E-state index contributed by atoms with van der Waals surface area (Å²) >= 11 is 0. The van der Waals surface area contributed by atoms with E-state index in [2.05, 4.69) is 63.8 Å². The van der Waals surface area contributed by atoms with E-state index in [0.717, 1.165) is 93.6 Å². The number of methoxy groups -OCH3 is 1. The summed E-state index contributed by atoms with van der Waals surface area (Å²) < 4.78 is 4.80. The van der Waals surface area contributed by atoms with Gasteiger partial charge in [0.2, 0.25) is 11.8 Å². The molecule has 0 aliphatic carbocycles. The van der Waals surface area contributed by atoms with E-state index in [1.165, 1.54) is 14.2 Å². The fourth-order valence-electron chi connectivity index (χ4n) is 8.61. The minimum absolute atomic E-state index is 0.115. The van der Waals surface area contributed by atoms with E-state index in [9.17, 15) is 24.3 Å². The number of aromatic amines is 2. The van der Waals surface area contributed by atoms with Crippen molar-refractivity contribution in [1.29, 1.82) is 0 Å². The van der Waals surface area contributed by atoms with Crippen LogP contribution in [0.4, 0.5) is 9.59 Å². The second-order valence-corrected chi connectivity index (χ2v) is 16.3. The van der Waals surface area contributed by atoms with Crippen molar-refractivity contribution in [3.05, 3.63) is 72.3 Å². The van der Waals surface area contributed by atoms with Gasteiger partial charge in [-0.15, -0.1) is 0 Å². The first-order valence-electron chi connectivity index (χ1n) is 20.4. The van der Waals surface area contributed by atoms with Gasteiger partial charge in [-0.05, 0) is 96.9 Å². The first-order valence-corrected chi connectivity index (χ1v) is 20.4. The van der Waals surface area contributed by atoms with E-state index in [1.807, 2.05) is 49.6 Å². The molecule has 306 valence electrons. The highest BCUT2D eigenvalue weighted by molar-refractivity contribution is 5.88. The van der Waals surface area contributed by atoms with E-state index in [0.29, 0.717) is 18.9 Å². The molecule has 0 unspecified atom stereocenters. The van der Waals surface area contributed by atoms with Gasteiger partial charge in [-0.1, -0.05) is 64.1 Å². The zero-order valence-electron chi connectivity index (χ0n) is 34.1. The number of nitrogens with zero attached hydrogens (tertiary/aromatic N) is 5. The molecular weight excluding hydrogens is 737 g/mol. The number of hydrogen-bond donors (Lipinski definition) is 4. The van der Waals surface area contributed by atoms with Gasteiger partial charge < -0.3 is 34.9 Å². The molecule has 2 fully saturated rings. The van der Waals surface area contributed by atoms with Crippen LogP contribution in [-0.4, -0.2) is 103 Å². The molecule has 2 aliphatic heterocycles. The third-order valence-electron chi connectivity index (χ3n) is 11.8. The Morgan fingerprint density at radius 1 is 0.724 bits per heavy atom. The number of piperidine rings is 2. The van der Waals surface area contributed by atoms with Crippen molar-refractivity contribution < 1.29 is 29.0 Å². The lowest BCUT2D eigenvalue weighted by Gasteiger charge is -2.39. The van der Waals surface area contributed by atoms with Crippen LogP contribution < -0.4 is 5.32 Å². The van der Waals surface area contributed by atoms with Gasteiger partial charge in [0.25, 0.3) is 0 Å². The summed E-state index contributed by atoms with van der Waals surface area (Å²) in [6, 6.07) is 18.7. The molecule has 0 radical (unpaired) electrons. The minimum Gasteiger partial charge on any atom is -0.465 e. The normalized spacial score (nSPS) is 18.4. The third kappa shape index (κ3) is 8.09. The average molecular weight is 791 g/mol. The van der Waals surface area contributed by atoms with E-state index >= 15 is 0 Å². The molecule has 4 heterocycles. The minimum atomic E-state index is -1.12. The van der Waals surface area contributed by atoms with E-state index in [1.54, 1.807) is 0 Å². The largest absolute Gasteiger partial charge is 0.465 e. The van der Waals surface area contributed by atoms with E-state index in [4.69, 9.17) is 14.7 Å². The highest BCUT2D eigenvalue weighted by Gasteiger charge is 2.39. The van der Waals surface area contributed by atoms with Gasteiger partial charge in [0.1, 0.15) is 23.7 Å². The summed E-state index contributed by atoms with van der Waals surface area (Å²) in [5, 5.41) is 12.4. The number of aromatic nitrogens is 4. The lowest BCUT2D eigenvalue weighted by Crippen LogP contribution is -2.53. The topological polar surface area (TPSA) is 177 Å². The Bertz CT molecular complexity index is 2300. The average Bonchev–Trinajstić information content (AvgIpc) is 3.86. The SMILES string of the molecule is COC(=O)N[C@H](C(=O)N1CCCC[C@H]1c1nc2cc(-c3ccc(-c4ccc5[nH]c([C@@H]6CCCCN6C(=O)[C@H](C(C)C)N(C)C(=O)O)nc5c4)cc3)ccc2[nH]1)C(C)C. The molecule has 4 atom stereocenters. The number of H-pyrrole nitrogens is 2. The van der Waals surface area contributed by atoms with Crippen molar-refractivity contribution >= 4 is 46.1 Å². The Morgan fingerprint density at radius 2 is 1.19 bits per heavy atom. The molecule has 58 heavy (non-hydrogen) atoms. The molecule has 14 heteroatoms. The zero-order chi connectivity index (χ0) is 41.2. The summed E-state index contributed by atoms with van der Waals surface area (Å²) in [4.78, 5) is 73.2. The van der Waals surface area contributed by atoms with Crippen molar-refractivity contribution in [3.63, 3.8) is 0 Å². The highest BCUT2D eigenvalue weighted by atomic mass is 16.5. The van der Waals surface area contributed by atoms with Crippen molar-refractivity contribution in [2.24, 2.45) is 11.8 Å². The van der Waals surface area contributed by atoms with Crippen molar-refractivity contribution in [2.75, 3.05) is 27.2 Å². The molecular formula is C44H54N8O6. The first-order chi connectivity index (χ1) is 27.8. The lowest BCUT2D eigenvalue weighted by molar-refractivity contribution is -0.141. The number of likely N-dealkylation sites (tertiary alicyclic amines) is 2. The van der Waals surface area contributed by atoms with Crippen LogP contribution in [0.25, 0.3) is 44.3 Å². The molecule has 7 rings (SSSR count). The number of nitrogens with one attached hydrogen (secondary N) is 3. The molecule has 4 amide bonds. The van der Waals surface area contributed by atoms with Crippen LogP contribution in [0.1, 0.15) is 90.0 Å². The van der Waals surface area contributed by atoms with E-state index < -0.39 is 24.3 Å². The van der Waals surface area contributed by atoms with Crippen LogP contribution in [0.5, 0.6) is 0 Å². The Balaban J connectivity index is 1.09. The third-order valence-corrected chi connectivity index (χ3v) is 11.8. The molecule has 0 spiro atoms. The van der Waals surface area contributed by atoms with Gasteiger partial charge in [0.15, 0.2) is 0 Å². The molecule has 0 saturated carbocycles. The van der Waals surface area contributed by atoms with Crippen LogP contribution >= 0.6 is 0 Å². The predicted octanol–water partition coefficient (Wildman–Crippen LogP) is 7.90. The van der Waals surface area contributed by atoms with E-state index in [-0.39, 0.29) is 35.7 Å². The number of rotatable bonds is 10. The Hall–Kier alpha value is -5.92. The molecule has 0 bridgehead atoms. The van der Waals surface area contributed by atoms with Crippen LogP contribution in [-0.2, 0) is 14.3 Å². The smallest absolute Gasteiger partial charge is 0.407 e. The van der Waals surface area contributed by atoms with Gasteiger partial charge in [0.05, 0.1) is 41.3 Å². The van der Waals surface area contributed by atoms with Crippen molar-refractivity contribution in [2.45, 2.75) is 90.4 Å². The predicted molar refractivity (Wildman–Crippen MR) is 222 cm³/mol. The first kappa shape index (κ1) is 40.3. The fraction of sp³-hybridized carbons (Fsp3) is 0.455. The number of imidazole rings is 2. The second-order valence-electron chi connectivity index (χ2n) is 16.3. The van der Waals surface area contributed by atoms with Crippen LogP contribution in [0, 0.1) is 11.8 Å². The quantitative estimate of drug-likeness (QED) is 0.110. The maximum atomic E-state index is 13.8. The zero-order valence-corrected chi connectivity index (χ0v) is 34.1. The maximum absolute atomic E-state index is 13.8. The molecule has 2 aliphatic rings. The van der Waals surface area contributed by atoms with Gasteiger partial charge in [-0.2, -0.15) is 0 Å². The number of benzene rings is 3. The van der Waals surface area contributed by atoms with Gasteiger partial charge in [-0.25, -0.2) is 19.6 Å². The Kier molecular flexibility index (Phi) is 11.7. The number of amides is 4. The molecule has 4 N–H and O–H groups in total. The Morgan fingerprint density at radius 3 is 1.62 bits per heavy atom. The number of fused-ring (bicyclic) bond motifs is 2. The van der Waals surface area contributed by atoms with Gasteiger partial charge in [0, 0.05) is 20.1 Å². The number of alkyl carbamates (subject to hydrolysis) is 1. The molecule has 14 nitrogen and oxygen atoms in total. The summed E-state index contributed by atoms with van der Waals surface area (Å²) in [6.07, 6.45) is 3.46. The van der Waals surface area contributed by atoms with Gasteiger partial charge in [-0.3, -0.25) is 14.5 Å². The fourth-order valence-corrected chi connectivity index (χ4v) is 8.61. The van der Waals surface area contributed by atoms with Crippen molar-refractivity contribution in [1.82, 2.24) is 40.0 Å². The van der Waals surface area contributed by atoms with Crippen LogP contribution in [0.2, 0.25) is 0 Å². The number of carbonyl (C=O) groups is 4. The summed E-state index contributed by atoms with van der Waals surface area (Å²) in [6.45, 7) is 8.71. The maximum Gasteiger partial charge on any atom is 0.407 e. The number of carbonyl (C=O) groups excluding carboxylic acids is 3. The summed E-state index contributed by atoms with van der Waals surface area (Å²) in [5.41, 5.74) is 7.48. The van der Waals surface area contributed by atoms with Crippen LogP contribution in [0.15, 0.2) is 60.7 Å². The molecule has 2 aromatic heterocycles. The lowest BCUT2D eigenvalue weighted by atomic mass is 9.96. The monoisotopic (exact) mass is 790 g/mol. The molecule has 3 aromatic carbocycles. The summed E-state index contributed by atoms with van der Waals surface area (Å²) in [5.74, 6) is 0.833. The number of ether oxygens (including phenoxy) is 1. The molecule has 2 saturated heterocycles. The second kappa shape index (κ2) is 16.9. The standard InChI is InChI=1S/C44H54N8O6/c1-25(2)37(49-43(55)58-6)41(53)51-21-9-7-11-35(51)39-45-31-19-17-29(23-33(31)47-39)27-13-15-28(16-14-27)30-18-20-32-34(24-30)48-40(46-32)36-12-8-10-22-52(36)42(54)38(26(3)4)50(5)44(56)57/h13-20,23-26,35-38H,7-12,21-22H2,1-6H3,(H,45,47)(H,46,48)(H,49,55)(H,56,57)/t35-,36-,37-,38-/m0/s1. The van der Waals surface area contributed by atoms with Crippen molar-refractivity contribution in [3.8, 4) is 22.3 Å². The van der Waals surface area contributed by atoms with Crippen LogP contribution in [0.3, 0.4) is 0 Å². The Labute approximate surface area is 338 Å². The summed E-state index contributed by atoms with van der Waals surface area (Å²) in [7, 11) is 2.76. The molecule has 5 aromatic rings. The van der Waals surface area contributed by atoms with Gasteiger partial charge >= 0.3 is 12.2 Å². The number of carboxylic acid groups (broad SMARTS) is 1.